The van der Waals surface area contributed by atoms with Crippen LogP contribution in [0.2, 0.25) is 5.02 Å². The minimum atomic E-state index is -0.987. The van der Waals surface area contributed by atoms with Crippen molar-refractivity contribution in [2.24, 2.45) is 5.92 Å². The summed E-state index contributed by atoms with van der Waals surface area (Å²) in [6.07, 6.45) is 4.81. The molecule has 0 radical (unpaired) electrons. The number of piperidine rings is 1. The lowest BCUT2D eigenvalue weighted by Gasteiger charge is -2.36. The number of nitrogens with zero attached hydrogens (tertiary/aromatic N) is 2. The first-order valence-corrected chi connectivity index (χ1v) is 11.3. The van der Waals surface area contributed by atoms with Crippen molar-refractivity contribution in [2.75, 3.05) is 42.9 Å². The van der Waals surface area contributed by atoms with Crippen molar-refractivity contribution in [2.45, 2.75) is 25.7 Å². The van der Waals surface area contributed by atoms with Gasteiger partial charge in [-0.1, -0.05) is 11.6 Å². The maximum absolute atomic E-state index is 12.5. The number of rotatable bonds is 6. The third-order valence-corrected chi connectivity index (χ3v) is 6.42. The molecule has 1 atom stereocenters. The minimum absolute atomic E-state index is 0.218. The number of carboxylic acid groups (broad SMARTS) is 1. The Labute approximate surface area is 187 Å². The molecule has 2 saturated heterocycles. The molecule has 0 unspecified atom stereocenters. The SMILES string of the molecule is O=C(Nc1ccc(N2CCC[C@H](CN3CCCC3)C2)c(C(=O)O)c1)c1ccc(Cl)cc1. The van der Waals surface area contributed by atoms with Crippen LogP contribution in [0.15, 0.2) is 42.5 Å². The second kappa shape index (κ2) is 9.71. The second-order valence-electron chi connectivity index (χ2n) is 8.46. The Morgan fingerprint density at radius 1 is 1.03 bits per heavy atom. The van der Waals surface area contributed by atoms with E-state index in [2.05, 4.69) is 15.1 Å². The summed E-state index contributed by atoms with van der Waals surface area (Å²) in [5, 5.41) is 13.2. The number of hydrogen-bond acceptors (Lipinski definition) is 4. The van der Waals surface area contributed by atoms with Crippen molar-refractivity contribution >= 4 is 34.9 Å². The number of amides is 1. The van der Waals surface area contributed by atoms with Gasteiger partial charge in [0.1, 0.15) is 0 Å². The number of aromatic carboxylic acids is 1. The van der Waals surface area contributed by atoms with Gasteiger partial charge in [0.2, 0.25) is 0 Å². The van der Waals surface area contributed by atoms with Crippen molar-refractivity contribution in [1.29, 1.82) is 0 Å². The summed E-state index contributed by atoms with van der Waals surface area (Å²) >= 11 is 5.88. The van der Waals surface area contributed by atoms with E-state index >= 15 is 0 Å². The first-order chi connectivity index (χ1) is 15.0. The number of anilines is 2. The highest BCUT2D eigenvalue weighted by atomic mass is 35.5. The Hall–Kier alpha value is -2.57. The molecule has 2 heterocycles. The van der Waals surface area contributed by atoms with Crippen LogP contribution in [-0.4, -0.2) is 54.6 Å². The van der Waals surface area contributed by atoms with Gasteiger partial charge in [0, 0.05) is 35.9 Å². The van der Waals surface area contributed by atoms with E-state index in [0.29, 0.717) is 22.2 Å². The van der Waals surface area contributed by atoms with Gasteiger partial charge in [-0.05, 0) is 87.2 Å². The molecule has 0 bridgehead atoms. The molecule has 2 aliphatic heterocycles. The van der Waals surface area contributed by atoms with Crippen molar-refractivity contribution in [1.82, 2.24) is 4.90 Å². The number of carbonyl (C=O) groups is 2. The first kappa shape index (κ1) is 21.7. The van der Waals surface area contributed by atoms with Crippen molar-refractivity contribution in [3.8, 4) is 0 Å². The molecule has 6 nitrogen and oxygen atoms in total. The monoisotopic (exact) mass is 441 g/mol. The molecular formula is C24H28ClN3O3. The largest absolute Gasteiger partial charge is 0.478 e. The molecule has 7 heteroatoms. The second-order valence-corrected chi connectivity index (χ2v) is 8.90. The third kappa shape index (κ3) is 5.38. The molecule has 2 N–H and O–H groups in total. The molecule has 0 spiro atoms. The summed E-state index contributed by atoms with van der Waals surface area (Å²) < 4.78 is 0. The van der Waals surface area contributed by atoms with Crippen LogP contribution < -0.4 is 10.2 Å². The van der Waals surface area contributed by atoms with Gasteiger partial charge in [0.05, 0.1) is 11.3 Å². The average molecular weight is 442 g/mol. The van der Waals surface area contributed by atoms with Crippen LogP contribution in [0.3, 0.4) is 0 Å². The molecule has 2 fully saturated rings. The van der Waals surface area contributed by atoms with Crippen LogP contribution in [0.25, 0.3) is 0 Å². The van der Waals surface area contributed by atoms with Gasteiger partial charge >= 0.3 is 5.97 Å². The van der Waals surface area contributed by atoms with Crippen molar-refractivity contribution in [3.05, 3.63) is 58.6 Å². The van der Waals surface area contributed by atoms with Gasteiger partial charge < -0.3 is 20.2 Å². The molecule has 0 saturated carbocycles. The van der Waals surface area contributed by atoms with E-state index in [4.69, 9.17) is 11.6 Å². The molecular weight excluding hydrogens is 414 g/mol. The fraction of sp³-hybridized carbons (Fsp3) is 0.417. The summed E-state index contributed by atoms with van der Waals surface area (Å²) in [5.41, 5.74) is 1.87. The summed E-state index contributed by atoms with van der Waals surface area (Å²) in [6, 6.07) is 11.7. The van der Waals surface area contributed by atoms with E-state index in [1.54, 1.807) is 36.4 Å². The van der Waals surface area contributed by atoms with E-state index in [9.17, 15) is 14.7 Å². The van der Waals surface area contributed by atoms with Crippen LogP contribution in [0, 0.1) is 5.92 Å². The summed E-state index contributed by atoms with van der Waals surface area (Å²) in [6.45, 7) is 5.17. The maximum Gasteiger partial charge on any atom is 0.337 e. The van der Waals surface area contributed by atoms with E-state index < -0.39 is 5.97 Å². The van der Waals surface area contributed by atoms with E-state index in [0.717, 1.165) is 31.7 Å². The normalized spacial score (nSPS) is 19.4. The number of carbonyl (C=O) groups excluding carboxylic acids is 1. The van der Waals surface area contributed by atoms with Gasteiger partial charge in [-0.15, -0.1) is 0 Å². The highest BCUT2D eigenvalue weighted by Gasteiger charge is 2.26. The number of benzene rings is 2. The van der Waals surface area contributed by atoms with Crippen molar-refractivity contribution < 1.29 is 14.7 Å². The molecule has 2 aromatic rings. The minimum Gasteiger partial charge on any atom is -0.478 e. The molecule has 31 heavy (non-hydrogen) atoms. The maximum atomic E-state index is 12.5. The predicted molar refractivity (Wildman–Crippen MR) is 123 cm³/mol. The zero-order chi connectivity index (χ0) is 21.8. The van der Waals surface area contributed by atoms with Gasteiger partial charge in [0.25, 0.3) is 5.91 Å². The summed E-state index contributed by atoms with van der Waals surface area (Å²) in [4.78, 5) is 29.2. The Morgan fingerprint density at radius 3 is 2.48 bits per heavy atom. The standard InChI is InChI=1S/C24H28ClN3O3/c25-19-7-5-18(6-8-19)23(29)26-20-9-10-22(21(14-20)24(30)31)28-13-3-4-17(16-28)15-27-11-1-2-12-27/h5-10,14,17H,1-4,11-13,15-16H2,(H,26,29)(H,30,31)/t17-/m1/s1. The number of carboxylic acids is 1. The molecule has 0 aliphatic carbocycles. The van der Waals surface area contributed by atoms with Crippen LogP contribution in [-0.2, 0) is 0 Å². The van der Waals surface area contributed by atoms with Crippen LogP contribution in [0.4, 0.5) is 11.4 Å². The van der Waals surface area contributed by atoms with Crippen LogP contribution in [0.1, 0.15) is 46.4 Å². The Bertz CT molecular complexity index is 942. The number of likely N-dealkylation sites (tertiary alicyclic amines) is 1. The highest BCUT2D eigenvalue weighted by molar-refractivity contribution is 6.30. The topological polar surface area (TPSA) is 72.9 Å². The molecule has 164 valence electrons. The zero-order valence-corrected chi connectivity index (χ0v) is 18.3. The molecule has 2 aliphatic rings. The number of halogens is 1. The molecule has 4 rings (SSSR count). The van der Waals surface area contributed by atoms with Gasteiger partial charge in [-0.25, -0.2) is 4.79 Å². The summed E-state index contributed by atoms with van der Waals surface area (Å²) in [7, 11) is 0. The van der Waals surface area contributed by atoms with Crippen molar-refractivity contribution in [3.63, 3.8) is 0 Å². The average Bonchev–Trinajstić information content (AvgIpc) is 3.27. The van der Waals surface area contributed by atoms with Crippen LogP contribution >= 0.6 is 11.6 Å². The van der Waals surface area contributed by atoms with Gasteiger partial charge in [-0.3, -0.25) is 4.79 Å². The lowest BCUT2D eigenvalue weighted by atomic mass is 9.96. The van der Waals surface area contributed by atoms with E-state index in [-0.39, 0.29) is 11.5 Å². The Balaban J connectivity index is 1.48. The Morgan fingerprint density at radius 2 is 1.77 bits per heavy atom. The Kier molecular flexibility index (Phi) is 6.78. The van der Waals surface area contributed by atoms with Gasteiger partial charge in [0.15, 0.2) is 0 Å². The molecule has 2 aromatic carbocycles. The summed E-state index contributed by atoms with van der Waals surface area (Å²) in [5.74, 6) is -0.735. The highest BCUT2D eigenvalue weighted by Crippen LogP contribution is 2.30. The smallest absolute Gasteiger partial charge is 0.337 e. The fourth-order valence-electron chi connectivity index (χ4n) is 4.63. The van der Waals surface area contributed by atoms with E-state index in [1.807, 2.05) is 6.07 Å². The number of hydrogen-bond donors (Lipinski definition) is 2. The molecule has 0 aromatic heterocycles. The van der Waals surface area contributed by atoms with E-state index in [1.165, 1.54) is 32.4 Å². The zero-order valence-electron chi connectivity index (χ0n) is 17.5. The lowest BCUT2D eigenvalue weighted by Crippen LogP contribution is -2.41. The molecule has 1 amide bonds. The lowest BCUT2D eigenvalue weighted by molar-refractivity contribution is 0.0697. The van der Waals surface area contributed by atoms with Crippen LogP contribution in [0.5, 0.6) is 0 Å². The predicted octanol–water partition coefficient (Wildman–Crippen LogP) is 4.60. The fourth-order valence-corrected chi connectivity index (χ4v) is 4.75. The quantitative estimate of drug-likeness (QED) is 0.685. The third-order valence-electron chi connectivity index (χ3n) is 6.17. The van der Waals surface area contributed by atoms with Gasteiger partial charge in [-0.2, -0.15) is 0 Å². The first-order valence-electron chi connectivity index (χ1n) is 10.9. The number of nitrogens with one attached hydrogen (secondary N) is 1.